The number of hydrogen-bond acceptors (Lipinski definition) is 7. The molecule has 7 heteroatoms. The number of rotatable bonds is 8. The van der Waals surface area contributed by atoms with Gasteiger partial charge in [0.15, 0.2) is 6.29 Å². The van der Waals surface area contributed by atoms with Crippen LogP contribution in [0.25, 0.3) is 0 Å². The first-order valence-corrected chi connectivity index (χ1v) is 6.74. The van der Waals surface area contributed by atoms with Crippen LogP contribution in [0.4, 0.5) is 0 Å². The Balaban J connectivity index is 2.46. The van der Waals surface area contributed by atoms with Crippen molar-refractivity contribution in [3.63, 3.8) is 0 Å². The topological polar surface area (TPSA) is 117 Å². The Labute approximate surface area is 113 Å². The van der Waals surface area contributed by atoms with Gasteiger partial charge in [-0.3, -0.25) is 0 Å². The first-order chi connectivity index (χ1) is 9.15. The van der Waals surface area contributed by atoms with Crippen molar-refractivity contribution in [1.29, 1.82) is 0 Å². The lowest BCUT2D eigenvalue weighted by molar-refractivity contribution is -0.271. The van der Waals surface area contributed by atoms with Crippen LogP contribution in [0.3, 0.4) is 0 Å². The third-order valence-corrected chi connectivity index (χ3v) is 3.38. The molecule has 0 unspecified atom stereocenters. The van der Waals surface area contributed by atoms with E-state index in [-0.39, 0.29) is 6.61 Å². The molecular formula is C12H26N2O5. The van der Waals surface area contributed by atoms with E-state index in [2.05, 4.69) is 5.32 Å². The van der Waals surface area contributed by atoms with Crippen LogP contribution in [-0.2, 0) is 9.47 Å². The van der Waals surface area contributed by atoms with Crippen molar-refractivity contribution in [3.05, 3.63) is 0 Å². The minimum atomic E-state index is -0.975. The van der Waals surface area contributed by atoms with Crippen LogP contribution in [-0.4, -0.2) is 72.8 Å². The fourth-order valence-electron chi connectivity index (χ4n) is 2.24. The number of nitrogens with one attached hydrogen (secondary N) is 1. The summed E-state index contributed by atoms with van der Waals surface area (Å²) in [6.07, 6.45) is -0.679. The van der Waals surface area contributed by atoms with Crippen LogP contribution in [0, 0.1) is 0 Å². The molecule has 1 heterocycles. The Kier molecular flexibility index (Phi) is 7.77. The molecule has 114 valence electrons. The Morgan fingerprint density at radius 2 is 1.95 bits per heavy atom. The van der Waals surface area contributed by atoms with Crippen LogP contribution in [0.2, 0.25) is 0 Å². The zero-order chi connectivity index (χ0) is 14.3. The second-order valence-electron chi connectivity index (χ2n) is 4.77. The lowest BCUT2D eigenvalue weighted by Crippen LogP contribution is -2.64. The molecular weight excluding hydrogens is 252 g/mol. The second kappa shape index (κ2) is 8.80. The third kappa shape index (κ3) is 4.64. The number of methoxy groups -OCH3 is 1. The minimum absolute atomic E-state index is 0.320. The summed E-state index contributed by atoms with van der Waals surface area (Å²) in [5.74, 6) is 0. The lowest BCUT2D eigenvalue weighted by atomic mass is 9.96. The summed E-state index contributed by atoms with van der Waals surface area (Å²) < 4.78 is 10.3. The van der Waals surface area contributed by atoms with Gasteiger partial charge in [0.05, 0.1) is 12.6 Å². The molecule has 7 nitrogen and oxygen atoms in total. The Morgan fingerprint density at radius 1 is 1.21 bits per heavy atom. The maximum absolute atomic E-state index is 10.0. The van der Waals surface area contributed by atoms with E-state index >= 15 is 0 Å². The molecule has 0 saturated carbocycles. The maximum atomic E-state index is 10.0. The standard InChI is InChI=1S/C12H26N2O5/c1-18-12-11(17)9(10(16)8(7-15)19-12)14-6-4-2-3-5-13/h8-12,14-17H,2-7,13H2,1H3/t8-,9-,10-,11+,12+/m1/s1. The average Bonchev–Trinajstić information content (AvgIpc) is 2.42. The van der Waals surface area contributed by atoms with Gasteiger partial charge in [0, 0.05) is 7.11 Å². The first-order valence-electron chi connectivity index (χ1n) is 6.74. The van der Waals surface area contributed by atoms with Gasteiger partial charge >= 0.3 is 0 Å². The van der Waals surface area contributed by atoms with Gasteiger partial charge < -0.3 is 35.8 Å². The quantitative estimate of drug-likeness (QED) is 0.331. The molecule has 1 aliphatic rings. The molecule has 0 aromatic rings. The summed E-state index contributed by atoms with van der Waals surface area (Å²) in [5, 5.41) is 32.3. The molecule has 0 amide bonds. The summed E-state index contributed by atoms with van der Waals surface area (Å²) in [6.45, 7) is 1.01. The highest BCUT2D eigenvalue weighted by Crippen LogP contribution is 2.21. The van der Waals surface area contributed by atoms with Gasteiger partial charge in [-0.05, 0) is 25.9 Å². The van der Waals surface area contributed by atoms with Crippen LogP contribution < -0.4 is 11.1 Å². The van der Waals surface area contributed by atoms with E-state index in [9.17, 15) is 10.2 Å². The summed E-state index contributed by atoms with van der Waals surface area (Å²) in [6, 6.07) is -0.575. The van der Waals surface area contributed by atoms with Gasteiger partial charge in [0.2, 0.25) is 0 Å². The number of aliphatic hydroxyl groups excluding tert-OH is 3. The van der Waals surface area contributed by atoms with Crippen molar-refractivity contribution in [2.45, 2.75) is 49.9 Å². The minimum Gasteiger partial charge on any atom is -0.394 e. The molecule has 19 heavy (non-hydrogen) atoms. The molecule has 1 saturated heterocycles. The molecule has 1 aliphatic heterocycles. The zero-order valence-corrected chi connectivity index (χ0v) is 11.4. The molecule has 1 fully saturated rings. The van der Waals surface area contributed by atoms with Crippen molar-refractivity contribution in [2.75, 3.05) is 26.8 Å². The highest BCUT2D eigenvalue weighted by molar-refractivity contribution is 4.93. The van der Waals surface area contributed by atoms with Crippen molar-refractivity contribution in [1.82, 2.24) is 5.32 Å². The van der Waals surface area contributed by atoms with E-state index in [1.165, 1.54) is 7.11 Å². The number of unbranched alkanes of at least 4 members (excludes halogenated alkanes) is 2. The van der Waals surface area contributed by atoms with E-state index in [1.54, 1.807) is 0 Å². The molecule has 6 N–H and O–H groups in total. The zero-order valence-electron chi connectivity index (χ0n) is 11.4. The van der Waals surface area contributed by atoms with Crippen LogP contribution >= 0.6 is 0 Å². The normalized spacial score (nSPS) is 35.5. The predicted molar refractivity (Wildman–Crippen MR) is 69.5 cm³/mol. The number of hydrogen-bond donors (Lipinski definition) is 5. The molecule has 0 radical (unpaired) electrons. The van der Waals surface area contributed by atoms with E-state index < -0.39 is 30.6 Å². The van der Waals surface area contributed by atoms with Gasteiger partial charge in [-0.15, -0.1) is 0 Å². The Morgan fingerprint density at radius 3 is 2.53 bits per heavy atom. The van der Waals surface area contributed by atoms with Crippen molar-refractivity contribution >= 4 is 0 Å². The molecule has 0 aliphatic carbocycles. The van der Waals surface area contributed by atoms with Gasteiger partial charge in [-0.1, -0.05) is 6.42 Å². The number of nitrogens with two attached hydrogens (primary N) is 1. The monoisotopic (exact) mass is 278 g/mol. The highest BCUT2D eigenvalue weighted by atomic mass is 16.7. The fourth-order valence-corrected chi connectivity index (χ4v) is 2.24. The highest BCUT2D eigenvalue weighted by Gasteiger charge is 2.44. The van der Waals surface area contributed by atoms with Crippen LogP contribution in [0.5, 0.6) is 0 Å². The van der Waals surface area contributed by atoms with Crippen LogP contribution in [0.1, 0.15) is 19.3 Å². The van der Waals surface area contributed by atoms with E-state index in [0.29, 0.717) is 13.1 Å². The first kappa shape index (κ1) is 16.8. The fraction of sp³-hybridized carbons (Fsp3) is 1.00. The molecule has 1 rings (SSSR count). The van der Waals surface area contributed by atoms with E-state index in [1.807, 2.05) is 0 Å². The predicted octanol–water partition coefficient (Wildman–Crippen LogP) is -1.84. The summed E-state index contributed by atoms with van der Waals surface area (Å²) >= 11 is 0. The largest absolute Gasteiger partial charge is 0.394 e. The summed E-state index contributed by atoms with van der Waals surface area (Å²) in [5.41, 5.74) is 5.41. The lowest BCUT2D eigenvalue weighted by Gasteiger charge is -2.42. The number of aliphatic hydroxyl groups is 3. The SMILES string of the molecule is CO[C@H]1O[C@H](CO)[C@@H](O)[C@@H](NCCCCCN)[C@@H]1O. The molecule has 5 atom stereocenters. The second-order valence-corrected chi connectivity index (χ2v) is 4.77. The van der Waals surface area contributed by atoms with Crippen molar-refractivity contribution in [2.24, 2.45) is 5.73 Å². The third-order valence-electron chi connectivity index (χ3n) is 3.38. The smallest absolute Gasteiger partial charge is 0.185 e. The van der Waals surface area contributed by atoms with Gasteiger partial charge in [0.1, 0.15) is 18.3 Å². The van der Waals surface area contributed by atoms with Crippen molar-refractivity contribution < 1.29 is 24.8 Å². The van der Waals surface area contributed by atoms with Gasteiger partial charge in [-0.25, -0.2) is 0 Å². The Bertz CT molecular complexity index is 228. The van der Waals surface area contributed by atoms with E-state index in [4.69, 9.17) is 20.3 Å². The molecule has 0 aromatic heterocycles. The van der Waals surface area contributed by atoms with Gasteiger partial charge in [0.25, 0.3) is 0 Å². The molecule has 0 aromatic carbocycles. The summed E-state index contributed by atoms with van der Waals surface area (Å²) in [4.78, 5) is 0. The summed E-state index contributed by atoms with van der Waals surface area (Å²) in [7, 11) is 1.42. The molecule has 0 bridgehead atoms. The maximum Gasteiger partial charge on any atom is 0.185 e. The van der Waals surface area contributed by atoms with Crippen LogP contribution in [0.15, 0.2) is 0 Å². The average molecular weight is 278 g/mol. The van der Waals surface area contributed by atoms with E-state index in [0.717, 1.165) is 19.3 Å². The number of ether oxygens (including phenoxy) is 2. The molecule has 0 spiro atoms. The van der Waals surface area contributed by atoms with Crippen molar-refractivity contribution in [3.8, 4) is 0 Å². The van der Waals surface area contributed by atoms with Gasteiger partial charge in [-0.2, -0.15) is 0 Å². The Hall–Kier alpha value is -0.280.